The molecule has 0 aromatic carbocycles. The van der Waals surface area contributed by atoms with Crippen LogP contribution >= 0.6 is 0 Å². The molecule has 1 unspecified atom stereocenters. The van der Waals surface area contributed by atoms with Crippen molar-refractivity contribution in [2.24, 2.45) is 5.92 Å². The van der Waals surface area contributed by atoms with E-state index in [9.17, 15) is 0 Å². The van der Waals surface area contributed by atoms with Crippen LogP contribution in [0.3, 0.4) is 0 Å². The number of hydrogen-bond donors (Lipinski definition) is 2. The molecule has 3 N–H and O–H groups in total. The van der Waals surface area contributed by atoms with E-state index in [4.69, 9.17) is 5.73 Å². The number of aromatic nitrogens is 2. The molecule has 0 bridgehead atoms. The fourth-order valence-electron chi connectivity index (χ4n) is 3.79. The highest BCUT2D eigenvalue weighted by Gasteiger charge is 2.38. The van der Waals surface area contributed by atoms with E-state index in [1.165, 1.54) is 43.6 Å². The third-order valence-electron chi connectivity index (χ3n) is 4.61. The van der Waals surface area contributed by atoms with Crippen LogP contribution in [0.4, 0.5) is 5.95 Å². The van der Waals surface area contributed by atoms with Crippen LogP contribution in [-0.4, -0.2) is 29.1 Å². The summed E-state index contributed by atoms with van der Waals surface area (Å²) in [6.07, 6.45) is 8.22. The Morgan fingerprint density at radius 2 is 2.33 bits per heavy atom. The summed E-state index contributed by atoms with van der Waals surface area (Å²) in [7, 11) is 0. The molecule has 18 heavy (non-hydrogen) atoms. The highest BCUT2D eigenvalue weighted by molar-refractivity contribution is 5.28. The van der Waals surface area contributed by atoms with Gasteiger partial charge in [0.05, 0.1) is 19.1 Å². The van der Waals surface area contributed by atoms with Crippen molar-refractivity contribution in [3.05, 3.63) is 17.5 Å². The molecule has 1 fully saturated rings. The molecule has 4 nitrogen and oxygen atoms in total. The zero-order valence-electron chi connectivity index (χ0n) is 11.2. The number of rotatable bonds is 2. The van der Waals surface area contributed by atoms with Crippen molar-refractivity contribution in [1.29, 1.82) is 0 Å². The van der Waals surface area contributed by atoms with Gasteiger partial charge >= 0.3 is 0 Å². The fourth-order valence-corrected chi connectivity index (χ4v) is 3.79. The molecule has 1 aliphatic heterocycles. The van der Waals surface area contributed by atoms with Crippen molar-refractivity contribution in [2.75, 3.05) is 18.8 Å². The maximum atomic E-state index is 5.70. The van der Waals surface area contributed by atoms with Gasteiger partial charge in [0.25, 0.3) is 0 Å². The number of nitrogens with one attached hydrogen (secondary N) is 1. The second-order valence-corrected chi connectivity index (χ2v) is 5.78. The Balaban J connectivity index is 1.85. The summed E-state index contributed by atoms with van der Waals surface area (Å²) in [6.45, 7) is 4.95. The summed E-state index contributed by atoms with van der Waals surface area (Å²) < 4.78 is 0. The summed E-state index contributed by atoms with van der Waals surface area (Å²) in [4.78, 5) is 10.4. The largest absolute Gasteiger partial charge is 0.368 e. The van der Waals surface area contributed by atoms with E-state index in [0.717, 1.165) is 24.8 Å². The maximum absolute atomic E-state index is 5.70. The number of nitrogens with zero attached hydrogens (tertiary/aromatic N) is 2. The second kappa shape index (κ2) is 4.84. The van der Waals surface area contributed by atoms with Gasteiger partial charge in [-0.15, -0.1) is 0 Å². The number of fused-ring (bicyclic) bond motifs is 2. The van der Waals surface area contributed by atoms with Crippen LogP contribution in [0.1, 0.15) is 37.4 Å². The molecule has 1 saturated heterocycles. The Hall–Kier alpha value is -1.16. The number of likely N-dealkylation sites (tertiary alicyclic amines) is 1. The van der Waals surface area contributed by atoms with Crippen molar-refractivity contribution >= 4 is 5.95 Å². The first-order valence-electron chi connectivity index (χ1n) is 7.22. The van der Waals surface area contributed by atoms with Crippen LogP contribution in [0.15, 0.2) is 6.20 Å². The van der Waals surface area contributed by atoms with Crippen LogP contribution in [0, 0.1) is 5.92 Å². The number of nitrogen functional groups attached to an aromatic ring is 1. The van der Waals surface area contributed by atoms with Gasteiger partial charge in [-0.2, -0.15) is 0 Å². The second-order valence-electron chi connectivity index (χ2n) is 5.78. The molecule has 1 aromatic rings. The van der Waals surface area contributed by atoms with Crippen LogP contribution in [-0.2, 0) is 12.8 Å². The molecular formula is C14H23N4+. The van der Waals surface area contributed by atoms with E-state index >= 15 is 0 Å². The average molecular weight is 247 g/mol. The van der Waals surface area contributed by atoms with Gasteiger partial charge < -0.3 is 10.6 Å². The van der Waals surface area contributed by atoms with Gasteiger partial charge in [-0.1, -0.05) is 6.92 Å². The highest BCUT2D eigenvalue weighted by atomic mass is 15.2. The molecule has 0 saturated carbocycles. The van der Waals surface area contributed by atoms with Gasteiger partial charge in [0.1, 0.15) is 0 Å². The number of anilines is 1. The van der Waals surface area contributed by atoms with Crippen LogP contribution in [0.25, 0.3) is 0 Å². The first-order valence-corrected chi connectivity index (χ1v) is 7.22. The van der Waals surface area contributed by atoms with Crippen LogP contribution in [0.5, 0.6) is 0 Å². The van der Waals surface area contributed by atoms with Gasteiger partial charge in [0.15, 0.2) is 0 Å². The van der Waals surface area contributed by atoms with Crippen LogP contribution < -0.4 is 10.6 Å². The standard InChI is InChI=1S/C14H22N4/c1-2-5-18-6-3-4-10-7-12-11(8-13(10)18)9-16-14(15)17-12/h9-10,13H,2-8H2,1H3,(H2,15,16,17)/p+1/t10-,13-/m1/s1. The minimum Gasteiger partial charge on any atom is -0.368 e. The number of piperidine rings is 1. The quantitative estimate of drug-likeness (QED) is 0.786. The summed E-state index contributed by atoms with van der Waals surface area (Å²) in [5.74, 6) is 1.24. The zero-order chi connectivity index (χ0) is 12.5. The molecule has 0 spiro atoms. The lowest BCUT2D eigenvalue weighted by atomic mass is 9.77. The van der Waals surface area contributed by atoms with Crippen molar-refractivity contribution in [3.8, 4) is 0 Å². The first kappa shape index (κ1) is 11.9. The molecule has 2 aliphatic rings. The summed E-state index contributed by atoms with van der Waals surface area (Å²) in [5, 5.41) is 0. The molecular weight excluding hydrogens is 224 g/mol. The van der Waals surface area contributed by atoms with Gasteiger partial charge in [-0.05, 0) is 31.2 Å². The number of hydrogen-bond acceptors (Lipinski definition) is 3. The Labute approximate surface area is 109 Å². The predicted octanol–water partition coefficient (Wildman–Crippen LogP) is 0.231. The molecule has 3 atom stereocenters. The van der Waals surface area contributed by atoms with Crippen molar-refractivity contribution in [2.45, 2.75) is 45.1 Å². The maximum Gasteiger partial charge on any atom is 0.220 e. The third kappa shape index (κ3) is 2.09. The lowest BCUT2D eigenvalue weighted by molar-refractivity contribution is -0.935. The van der Waals surface area contributed by atoms with E-state index in [0.29, 0.717) is 5.95 Å². The first-order chi connectivity index (χ1) is 8.78. The van der Waals surface area contributed by atoms with Gasteiger partial charge in [0, 0.05) is 24.2 Å². The molecule has 1 aromatic heterocycles. The zero-order valence-corrected chi connectivity index (χ0v) is 11.2. The number of quaternary nitrogens is 1. The smallest absolute Gasteiger partial charge is 0.220 e. The molecule has 3 rings (SSSR count). The molecule has 4 heteroatoms. The van der Waals surface area contributed by atoms with E-state index in [2.05, 4.69) is 16.9 Å². The molecule has 0 radical (unpaired) electrons. The Morgan fingerprint density at radius 3 is 3.17 bits per heavy atom. The summed E-state index contributed by atoms with van der Waals surface area (Å²) in [6, 6.07) is 0.790. The van der Waals surface area contributed by atoms with E-state index in [1.54, 1.807) is 4.90 Å². The van der Waals surface area contributed by atoms with Gasteiger partial charge in [-0.3, -0.25) is 0 Å². The van der Waals surface area contributed by atoms with Crippen molar-refractivity contribution < 1.29 is 4.90 Å². The SMILES string of the molecule is CCC[NH+]1CCC[C@@H]2Cc3nc(N)ncc3C[C@H]21. The topological polar surface area (TPSA) is 56.2 Å². The fraction of sp³-hybridized carbons (Fsp3) is 0.714. The number of nitrogens with two attached hydrogens (primary N) is 1. The lowest BCUT2D eigenvalue weighted by Crippen LogP contribution is -3.18. The van der Waals surface area contributed by atoms with Crippen molar-refractivity contribution in [1.82, 2.24) is 9.97 Å². The van der Waals surface area contributed by atoms with E-state index in [-0.39, 0.29) is 0 Å². The van der Waals surface area contributed by atoms with Gasteiger partial charge in [0.2, 0.25) is 5.95 Å². The Kier molecular flexibility index (Phi) is 3.20. The van der Waals surface area contributed by atoms with E-state index < -0.39 is 0 Å². The molecule has 2 heterocycles. The normalized spacial score (nSPS) is 30.6. The third-order valence-corrected chi connectivity index (χ3v) is 4.61. The minimum atomic E-state index is 0.431. The van der Waals surface area contributed by atoms with E-state index in [1.807, 2.05) is 6.20 Å². The molecule has 1 aliphatic carbocycles. The minimum absolute atomic E-state index is 0.431. The summed E-state index contributed by atoms with van der Waals surface area (Å²) in [5.41, 5.74) is 8.24. The summed E-state index contributed by atoms with van der Waals surface area (Å²) >= 11 is 0. The monoisotopic (exact) mass is 247 g/mol. The molecule has 98 valence electrons. The predicted molar refractivity (Wildman–Crippen MR) is 71.4 cm³/mol. The average Bonchev–Trinajstić information content (AvgIpc) is 2.37. The van der Waals surface area contributed by atoms with Crippen LogP contribution in [0.2, 0.25) is 0 Å². The van der Waals surface area contributed by atoms with Crippen molar-refractivity contribution in [3.63, 3.8) is 0 Å². The molecule has 0 amide bonds. The lowest BCUT2D eigenvalue weighted by Gasteiger charge is -2.41. The van der Waals surface area contributed by atoms with Gasteiger partial charge in [-0.25, -0.2) is 9.97 Å². The highest BCUT2D eigenvalue weighted by Crippen LogP contribution is 2.28. The Bertz CT molecular complexity index is 430. The Morgan fingerprint density at radius 1 is 1.44 bits per heavy atom.